The molecule has 7 heteroatoms. The Morgan fingerprint density at radius 1 is 0.903 bits per heavy atom. The first-order valence-electron chi connectivity index (χ1n) is 9.37. The van der Waals surface area contributed by atoms with Crippen molar-refractivity contribution in [1.29, 1.82) is 0 Å². The summed E-state index contributed by atoms with van der Waals surface area (Å²) < 4.78 is 16.1. The molecule has 0 radical (unpaired) electrons. The van der Waals surface area contributed by atoms with Gasteiger partial charge in [0.15, 0.2) is 5.76 Å². The number of carbonyl (C=O) groups is 2. The molecule has 0 saturated carbocycles. The quantitative estimate of drug-likeness (QED) is 0.399. The minimum atomic E-state index is -0.411. The lowest BCUT2D eigenvalue weighted by molar-refractivity contribution is 0.101. The number of amides is 1. The SMILES string of the molecule is COc1ccc(C(=O)Nc2c(C(=O)c3ccc(OC)c(Cl)c3)oc3ccccc23)cc1. The van der Waals surface area contributed by atoms with Crippen LogP contribution < -0.4 is 14.8 Å². The highest BCUT2D eigenvalue weighted by molar-refractivity contribution is 6.32. The fourth-order valence-electron chi connectivity index (χ4n) is 3.20. The van der Waals surface area contributed by atoms with Crippen LogP contribution in [0, 0.1) is 0 Å². The lowest BCUT2D eigenvalue weighted by Crippen LogP contribution is -2.14. The number of hydrogen-bond donors (Lipinski definition) is 1. The van der Waals surface area contributed by atoms with Crippen LogP contribution in [0.2, 0.25) is 5.02 Å². The van der Waals surface area contributed by atoms with Gasteiger partial charge in [0.25, 0.3) is 5.91 Å². The molecule has 6 nitrogen and oxygen atoms in total. The van der Waals surface area contributed by atoms with E-state index in [1.807, 2.05) is 0 Å². The van der Waals surface area contributed by atoms with E-state index in [-0.39, 0.29) is 11.7 Å². The van der Waals surface area contributed by atoms with Crippen molar-refractivity contribution in [3.63, 3.8) is 0 Å². The molecule has 0 saturated heterocycles. The number of rotatable bonds is 6. The smallest absolute Gasteiger partial charge is 0.255 e. The van der Waals surface area contributed by atoms with Crippen molar-refractivity contribution in [2.45, 2.75) is 0 Å². The Hall–Kier alpha value is -3.77. The van der Waals surface area contributed by atoms with Gasteiger partial charge >= 0.3 is 0 Å². The van der Waals surface area contributed by atoms with Crippen LogP contribution in [0.25, 0.3) is 11.0 Å². The Morgan fingerprint density at radius 3 is 2.29 bits per heavy atom. The van der Waals surface area contributed by atoms with Crippen LogP contribution in [-0.4, -0.2) is 25.9 Å². The zero-order valence-corrected chi connectivity index (χ0v) is 17.5. The molecule has 156 valence electrons. The molecule has 0 bridgehead atoms. The zero-order chi connectivity index (χ0) is 22.0. The maximum Gasteiger partial charge on any atom is 0.255 e. The normalized spacial score (nSPS) is 10.7. The third-order valence-corrected chi connectivity index (χ3v) is 5.10. The summed E-state index contributed by atoms with van der Waals surface area (Å²) in [5.74, 6) is 0.319. The van der Waals surface area contributed by atoms with Crippen LogP contribution in [0.4, 0.5) is 5.69 Å². The van der Waals surface area contributed by atoms with Gasteiger partial charge in [-0.25, -0.2) is 0 Å². The molecule has 1 heterocycles. The van der Waals surface area contributed by atoms with Gasteiger partial charge in [-0.05, 0) is 54.6 Å². The van der Waals surface area contributed by atoms with E-state index >= 15 is 0 Å². The van der Waals surface area contributed by atoms with Gasteiger partial charge in [0.05, 0.1) is 24.9 Å². The zero-order valence-electron chi connectivity index (χ0n) is 16.8. The topological polar surface area (TPSA) is 77.8 Å². The van der Waals surface area contributed by atoms with E-state index in [4.69, 9.17) is 25.5 Å². The molecular weight excluding hydrogens is 418 g/mol. The summed E-state index contributed by atoms with van der Waals surface area (Å²) in [6, 6.07) is 18.5. The van der Waals surface area contributed by atoms with E-state index in [0.29, 0.717) is 44.3 Å². The number of ether oxygens (including phenoxy) is 2. The molecule has 1 aromatic heterocycles. The summed E-state index contributed by atoms with van der Waals surface area (Å²) in [5.41, 5.74) is 1.51. The van der Waals surface area contributed by atoms with Crippen molar-refractivity contribution in [2.24, 2.45) is 0 Å². The van der Waals surface area contributed by atoms with Crippen LogP contribution in [-0.2, 0) is 0 Å². The molecule has 1 N–H and O–H groups in total. The summed E-state index contributed by atoms with van der Waals surface area (Å²) in [5, 5.41) is 3.74. The Morgan fingerprint density at radius 2 is 1.61 bits per heavy atom. The first kappa shape index (κ1) is 20.5. The summed E-state index contributed by atoms with van der Waals surface area (Å²) >= 11 is 6.18. The lowest BCUT2D eigenvalue weighted by atomic mass is 10.1. The number of furan rings is 1. The Balaban J connectivity index is 1.74. The number of carbonyl (C=O) groups excluding carboxylic acids is 2. The lowest BCUT2D eigenvalue weighted by Gasteiger charge is -2.08. The third-order valence-electron chi connectivity index (χ3n) is 4.81. The second-order valence-electron chi connectivity index (χ2n) is 6.66. The summed E-state index contributed by atoms with van der Waals surface area (Å²) in [6.45, 7) is 0. The molecule has 0 spiro atoms. The maximum absolute atomic E-state index is 13.2. The highest BCUT2D eigenvalue weighted by Crippen LogP contribution is 2.34. The van der Waals surface area contributed by atoms with Crippen LogP contribution in [0.3, 0.4) is 0 Å². The first-order chi connectivity index (χ1) is 15.0. The number of para-hydroxylation sites is 1. The van der Waals surface area contributed by atoms with Crippen molar-refractivity contribution in [1.82, 2.24) is 0 Å². The van der Waals surface area contributed by atoms with Crippen molar-refractivity contribution < 1.29 is 23.5 Å². The van der Waals surface area contributed by atoms with E-state index in [2.05, 4.69) is 5.32 Å². The first-order valence-corrected chi connectivity index (χ1v) is 9.74. The molecule has 0 aliphatic rings. The van der Waals surface area contributed by atoms with Gasteiger partial charge in [-0.15, -0.1) is 0 Å². The Bertz CT molecular complexity index is 1280. The van der Waals surface area contributed by atoms with E-state index in [9.17, 15) is 9.59 Å². The molecule has 0 aliphatic heterocycles. The number of ketones is 1. The second kappa shape index (κ2) is 8.53. The number of benzene rings is 3. The van der Waals surface area contributed by atoms with Crippen LogP contribution in [0.1, 0.15) is 26.5 Å². The molecular formula is C24H18ClNO5. The van der Waals surface area contributed by atoms with Gasteiger partial charge < -0.3 is 19.2 Å². The largest absolute Gasteiger partial charge is 0.497 e. The predicted molar refractivity (Wildman–Crippen MR) is 119 cm³/mol. The average Bonchev–Trinajstić information content (AvgIpc) is 3.16. The predicted octanol–water partition coefficient (Wildman–Crippen LogP) is 5.59. The molecule has 0 atom stereocenters. The van der Waals surface area contributed by atoms with Gasteiger partial charge in [-0.2, -0.15) is 0 Å². The summed E-state index contributed by atoms with van der Waals surface area (Å²) in [6.07, 6.45) is 0. The fraction of sp³-hybridized carbons (Fsp3) is 0.0833. The van der Waals surface area contributed by atoms with Gasteiger partial charge in [-0.1, -0.05) is 23.7 Å². The molecule has 0 aliphatic carbocycles. The second-order valence-corrected chi connectivity index (χ2v) is 7.07. The number of anilines is 1. The van der Waals surface area contributed by atoms with Crippen molar-refractivity contribution in [2.75, 3.05) is 19.5 Å². The highest BCUT2D eigenvalue weighted by Gasteiger charge is 2.24. The van der Waals surface area contributed by atoms with E-state index < -0.39 is 5.78 Å². The van der Waals surface area contributed by atoms with E-state index in [1.54, 1.807) is 67.8 Å². The number of hydrogen-bond acceptors (Lipinski definition) is 5. The van der Waals surface area contributed by atoms with Gasteiger partial charge in [0.2, 0.25) is 5.78 Å². The number of fused-ring (bicyclic) bond motifs is 1. The maximum atomic E-state index is 13.2. The van der Waals surface area contributed by atoms with E-state index in [0.717, 1.165) is 0 Å². The monoisotopic (exact) mass is 435 g/mol. The van der Waals surface area contributed by atoms with Crippen LogP contribution in [0.5, 0.6) is 11.5 Å². The average molecular weight is 436 g/mol. The van der Waals surface area contributed by atoms with Crippen LogP contribution >= 0.6 is 11.6 Å². The highest BCUT2D eigenvalue weighted by atomic mass is 35.5. The minimum Gasteiger partial charge on any atom is -0.497 e. The minimum absolute atomic E-state index is 0.0179. The standard InChI is InChI=1S/C24H18ClNO5/c1-29-16-10-7-14(8-11-16)24(28)26-21-17-5-3-4-6-19(17)31-23(21)22(27)15-9-12-20(30-2)18(25)13-15/h3-13H,1-2H3,(H,26,28). The number of methoxy groups -OCH3 is 2. The Kier molecular flexibility index (Phi) is 5.64. The number of nitrogens with one attached hydrogen (secondary N) is 1. The van der Waals surface area contributed by atoms with Gasteiger partial charge in [0.1, 0.15) is 17.1 Å². The molecule has 4 aromatic rings. The van der Waals surface area contributed by atoms with E-state index in [1.165, 1.54) is 13.2 Å². The molecule has 31 heavy (non-hydrogen) atoms. The molecule has 0 fully saturated rings. The summed E-state index contributed by atoms with van der Waals surface area (Å²) in [7, 11) is 3.05. The van der Waals surface area contributed by atoms with Crippen LogP contribution in [0.15, 0.2) is 71.1 Å². The number of halogens is 1. The molecule has 0 unspecified atom stereocenters. The van der Waals surface area contributed by atoms with Crippen molar-refractivity contribution >= 4 is 39.9 Å². The fourth-order valence-corrected chi connectivity index (χ4v) is 3.45. The Labute approximate surface area is 183 Å². The molecule has 3 aromatic carbocycles. The molecule has 4 rings (SSSR count). The van der Waals surface area contributed by atoms with Gasteiger partial charge in [-0.3, -0.25) is 9.59 Å². The third kappa shape index (κ3) is 3.98. The van der Waals surface area contributed by atoms with Gasteiger partial charge in [0, 0.05) is 16.5 Å². The van der Waals surface area contributed by atoms with Crippen molar-refractivity contribution in [3.05, 3.63) is 88.6 Å². The summed E-state index contributed by atoms with van der Waals surface area (Å²) in [4.78, 5) is 26.1. The molecule has 1 amide bonds. The van der Waals surface area contributed by atoms with Crippen molar-refractivity contribution in [3.8, 4) is 11.5 Å².